The van der Waals surface area contributed by atoms with E-state index >= 15 is 0 Å². The number of carbonyl (C=O) groups excluding carboxylic acids is 1. The fraction of sp³-hybridized carbons (Fsp3) is 0.556. The summed E-state index contributed by atoms with van der Waals surface area (Å²) in [6, 6.07) is 7.64. The van der Waals surface area contributed by atoms with Gasteiger partial charge in [-0.15, -0.1) is 0 Å². The van der Waals surface area contributed by atoms with Crippen molar-refractivity contribution >= 4 is 11.9 Å². The van der Waals surface area contributed by atoms with Crippen molar-refractivity contribution in [2.75, 3.05) is 20.1 Å². The minimum Gasteiger partial charge on any atom is -0.356 e. The molecule has 0 unspecified atom stereocenters. The molecule has 0 spiro atoms. The van der Waals surface area contributed by atoms with E-state index in [-0.39, 0.29) is 5.91 Å². The molecule has 0 saturated heterocycles. The first kappa shape index (κ1) is 19.0. The molecule has 0 radical (unpaired) electrons. The highest BCUT2D eigenvalue weighted by Crippen LogP contribution is 2.05. The molecule has 0 fully saturated rings. The number of guanidine groups is 1. The van der Waals surface area contributed by atoms with E-state index in [0.29, 0.717) is 18.7 Å². The largest absolute Gasteiger partial charge is 0.356 e. The van der Waals surface area contributed by atoms with Crippen molar-refractivity contribution in [2.24, 2.45) is 10.9 Å². The summed E-state index contributed by atoms with van der Waals surface area (Å²) in [4.78, 5) is 16.1. The van der Waals surface area contributed by atoms with Gasteiger partial charge in [-0.3, -0.25) is 9.79 Å². The summed E-state index contributed by atoms with van der Waals surface area (Å²) < 4.78 is 0. The molecular formula is C18H30N4O. The van der Waals surface area contributed by atoms with Gasteiger partial charge in [0.2, 0.25) is 0 Å². The average molecular weight is 318 g/mol. The van der Waals surface area contributed by atoms with Crippen molar-refractivity contribution in [3.8, 4) is 0 Å². The highest BCUT2D eigenvalue weighted by molar-refractivity contribution is 5.94. The summed E-state index contributed by atoms with van der Waals surface area (Å²) in [7, 11) is 1.77. The number of hydrogen-bond acceptors (Lipinski definition) is 2. The fourth-order valence-electron chi connectivity index (χ4n) is 2.21. The van der Waals surface area contributed by atoms with Gasteiger partial charge >= 0.3 is 0 Å². The van der Waals surface area contributed by atoms with Crippen LogP contribution in [0.25, 0.3) is 0 Å². The highest BCUT2D eigenvalue weighted by atomic mass is 16.1. The van der Waals surface area contributed by atoms with Crippen LogP contribution in [0, 0.1) is 5.92 Å². The van der Waals surface area contributed by atoms with Crippen LogP contribution in [0.5, 0.6) is 0 Å². The number of amides is 1. The SMILES string of the molecule is CCNC(=O)c1cccc(CNC(=NC)NCCCC(C)C)c1. The van der Waals surface area contributed by atoms with E-state index in [1.165, 1.54) is 6.42 Å². The first-order valence-electron chi connectivity index (χ1n) is 8.38. The molecule has 128 valence electrons. The van der Waals surface area contributed by atoms with Crippen LogP contribution in [-0.4, -0.2) is 32.0 Å². The van der Waals surface area contributed by atoms with Crippen molar-refractivity contribution in [2.45, 2.75) is 40.2 Å². The second kappa shape index (κ2) is 10.6. The molecule has 5 nitrogen and oxygen atoms in total. The number of carbonyl (C=O) groups is 1. The van der Waals surface area contributed by atoms with Crippen LogP contribution in [0.2, 0.25) is 0 Å². The molecule has 0 bridgehead atoms. The molecule has 5 heteroatoms. The van der Waals surface area contributed by atoms with Gasteiger partial charge < -0.3 is 16.0 Å². The lowest BCUT2D eigenvalue weighted by atomic mass is 10.1. The quantitative estimate of drug-likeness (QED) is 0.392. The zero-order valence-electron chi connectivity index (χ0n) is 14.8. The van der Waals surface area contributed by atoms with Crippen LogP contribution in [-0.2, 0) is 6.54 Å². The molecule has 3 N–H and O–H groups in total. The van der Waals surface area contributed by atoms with Crippen LogP contribution in [0.1, 0.15) is 49.5 Å². The van der Waals surface area contributed by atoms with Crippen LogP contribution in [0.15, 0.2) is 29.3 Å². The molecule has 0 aliphatic heterocycles. The molecule has 1 amide bonds. The lowest BCUT2D eigenvalue weighted by molar-refractivity contribution is 0.0955. The molecule has 0 aliphatic rings. The van der Waals surface area contributed by atoms with Gasteiger partial charge in [-0.1, -0.05) is 26.0 Å². The lowest BCUT2D eigenvalue weighted by Crippen LogP contribution is -2.37. The second-order valence-corrected chi connectivity index (χ2v) is 5.95. The molecule has 0 atom stereocenters. The molecule has 1 aromatic carbocycles. The third kappa shape index (κ3) is 7.68. The van der Waals surface area contributed by atoms with E-state index < -0.39 is 0 Å². The van der Waals surface area contributed by atoms with Gasteiger partial charge in [0.15, 0.2) is 5.96 Å². The van der Waals surface area contributed by atoms with E-state index in [9.17, 15) is 4.79 Å². The number of hydrogen-bond donors (Lipinski definition) is 3. The van der Waals surface area contributed by atoms with Crippen LogP contribution in [0.3, 0.4) is 0 Å². The number of nitrogens with one attached hydrogen (secondary N) is 3. The van der Waals surface area contributed by atoms with Gasteiger partial charge in [0.05, 0.1) is 0 Å². The highest BCUT2D eigenvalue weighted by Gasteiger charge is 2.05. The van der Waals surface area contributed by atoms with Gasteiger partial charge in [-0.2, -0.15) is 0 Å². The Labute approximate surface area is 140 Å². The molecule has 1 rings (SSSR count). The summed E-state index contributed by atoms with van der Waals surface area (Å²) in [6.45, 7) is 8.56. The maximum Gasteiger partial charge on any atom is 0.251 e. The molecule has 0 saturated carbocycles. The van der Waals surface area contributed by atoms with Crippen LogP contribution in [0.4, 0.5) is 0 Å². The first-order valence-corrected chi connectivity index (χ1v) is 8.38. The Morgan fingerprint density at radius 1 is 1.22 bits per heavy atom. The van der Waals surface area contributed by atoms with Crippen LogP contribution >= 0.6 is 0 Å². The van der Waals surface area contributed by atoms with Gasteiger partial charge in [-0.05, 0) is 43.4 Å². The maximum atomic E-state index is 11.9. The van der Waals surface area contributed by atoms with Crippen molar-refractivity contribution in [3.63, 3.8) is 0 Å². The summed E-state index contributed by atoms with van der Waals surface area (Å²) in [5.41, 5.74) is 1.74. The first-order chi connectivity index (χ1) is 11.1. The number of aliphatic imine (C=N–C) groups is 1. The third-order valence-corrected chi connectivity index (χ3v) is 3.46. The van der Waals surface area contributed by atoms with Crippen molar-refractivity contribution < 1.29 is 4.79 Å². The second-order valence-electron chi connectivity index (χ2n) is 5.95. The third-order valence-electron chi connectivity index (χ3n) is 3.46. The van der Waals surface area contributed by atoms with Crippen LogP contribution < -0.4 is 16.0 Å². The predicted molar refractivity (Wildman–Crippen MR) is 96.7 cm³/mol. The Morgan fingerprint density at radius 3 is 2.65 bits per heavy atom. The van der Waals surface area contributed by atoms with Crippen molar-refractivity contribution in [3.05, 3.63) is 35.4 Å². The zero-order chi connectivity index (χ0) is 17.1. The Balaban J connectivity index is 2.46. The summed E-state index contributed by atoms with van der Waals surface area (Å²) >= 11 is 0. The molecule has 0 aliphatic carbocycles. The summed E-state index contributed by atoms with van der Waals surface area (Å²) in [5, 5.41) is 9.40. The lowest BCUT2D eigenvalue weighted by Gasteiger charge is -2.13. The normalized spacial score (nSPS) is 11.4. The van der Waals surface area contributed by atoms with E-state index in [2.05, 4.69) is 34.8 Å². The molecule has 0 heterocycles. The Bertz CT molecular complexity index is 511. The summed E-state index contributed by atoms with van der Waals surface area (Å²) in [6.07, 6.45) is 2.34. The summed E-state index contributed by atoms with van der Waals surface area (Å²) in [5.74, 6) is 1.48. The van der Waals surface area contributed by atoms with E-state index in [1.54, 1.807) is 7.05 Å². The number of nitrogens with zero attached hydrogens (tertiary/aromatic N) is 1. The predicted octanol–water partition coefficient (Wildman–Crippen LogP) is 2.54. The number of rotatable bonds is 8. The average Bonchev–Trinajstić information content (AvgIpc) is 2.54. The van der Waals surface area contributed by atoms with Crippen molar-refractivity contribution in [1.82, 2.24) is 16.0 Å². The Hall–Kier alpha value is -2.04. The van der Waals surface area contributed by atoms with Crippen molar-refractivity contribution in [1.29, 1.82) is 0 Å². The minimum atomic E-state index is -0.0365. The number of benzene rings is 1. The maximum absolute atomic E-state index is 11.9. The standard InChI is InChI=1S/C18H30N4O/c1-5-20-17(23)16-10-6-9-15(12-16)13-22-18(19-4)21-11-7-8-14(2)3/h6,9-10,12,14H,5,7-8,11,13H2,1-4H3,(H,20,23)(H2,19,21,22). The monoisotopic (exact) mass is 318 g/mol. The molecule has 0 aromatic heterocycles. The van der Waals surface area contributed by atoms with E-state index in [1.807, 2.05) is 31.2 Å². The van der Waals surface area contributed by atoms with Gasteiger partial charge in [0.1, 0.15) is 0 Å². The zero-order valence-corrected chi connectivity index (χ0v) is 14.8. The Morgan fingerprint density at radius 2 is 2.00 bits per heavy atom. The van der Waals surface area contributed by atoms with Gasteiger partial charge in [-0.25, -0.2) is 0 Å². The van der Waals surface area contributed by atoms with E-state index in [0.717, 1.165) is 30.4 Å². The van der Waals surface area contributed by atoms with Gasteiger partial charge in [0.25, 0.3) is 5.91 Å². The smallest absolute Gasteiger partial charge is 0.251 e. The topological polar surface area (TPSA) is 65.5 Å². The Kier molecular flexibility index (Phi) is 8.80. The fourth-order valence-corrected chi connectivity index (χ4v) is 2.21. The van der Waals surface area contributed by atoms with Gasteiger partial charge in [0, 0.05) is 32.2 Å². The molecule has 23 heavy (non-hydrogen) atoms. The molecule has 1 aromatic rings. The molecular weight excluding hydrogens is 288 g/mol. The van der Waals surface area contributed by atoms with E-state index in [4.69, 9.17) is 0 Å². The minimum absolute atomic E-state index is 0.0365.